The van der Waals surface area contributed by atoms with Crippen LogP contribution in [-0.4, -0.2) is 43.0 Å². The lowest BCUT2D eigenvalue weighted by molar-refractivity contribution is -0.126. The Labute approximate surface area is 129 Å². The molecule has 0 bridgehead atoms. The molecular formula is C17H33N3O. The summed E-state index contributed by atoms with van der Waals surface area (Å²) in [5.41, 5.74) is 5.94. The smallest absolute Gasteiger partial charge is 0.223 e. The summed E-state index contributed by atoms with van der Waals surface area (Å²) >= 11 is 0. The van der Waals surface area contributed by atoms with Crippen molar-refractivity contribution in [2.24, 2.45) is 11.7 Å². The molecule has 1 aliphatic carbocycles. The Kier molecular flexibility index (Phi) is 7.51. The minimum Gasteiger partial charge on any atom is -0.356 e. The molecule has 4 heteroatoms. The third-order valence-corrected chi connectivity index (χ3v) is 4.98. The van der Waals surface area contributed by atoms with Gasteiger partial charge in [-0.1, -0.05) is 19.3 Å². The lowest BCUT2D eigenvalue weighted by Gasteiger charge is -2.26. The largest absolute Gasteiger partial charge is 0.356 e. The molecule has 1 aliphatic heterocycles. The van der Waals surface area contributed by atoms with Gasteiger partial charge in [0.1, 0.15) is 0 Å². The third-order valence-electron chi connectivity index (χ3n) is 4.98. The molecule has 1 saturated heterocycles. The van der Waals surface area contributed by atoms with Crippen LogP contribution < -0.4 is 11.1 Å². The zero-order valence-corrected chi connectivity index (χ0v) is 13.5. The van der Waals surface area contributed by atoms with E-state index < -0.39 is 0 Å². The van der Waals surface area contributed by atoms with Gasteiger partial charge in [-0.25, -0.2) is 0 Å². The Balaban J connectivity index is 1.46. The van der Waals surface area contributed by atoms with Crippen LogP contribution >= 0.6 is 0 Å². The highest BCUT2D eigenvalue weighted by atomic mass is 16.1. The number of nitrogens with two attached hydrogens (primary N) is 1. The van der Waals surface area contributed by atoms with Gasteiger partial charge in [-0.2, -0.15) is 0 Å². The summed E-state index contributed by atoms with van der Waals surface area (Å²) in [6.45, 7) is 4.66. The Bertz CT molecular complexity index is 302. The van der Waals surface area contributed by atoms with Crippen LogP contribution in [0.4, 0.5) is 0 Å². The van der Waals surface area contributed by atoms with Gasteiger partial charge in [-0.15, -0.1) is 0 Å². The van der Waals surface area contributed by atoms with Gasteiger partial charge in [0.2, 0.25) is 5.91 Å². The summed E-state index contributed by atoms with van der Waals surface area (Å²) in [4.78, 5) is 14.6. The molecule has 0 aromatic carbocycles. The number of hydrogen-bond acceptors (Lipinski definition) is 3. The molecule has 1 heterocycles. The van der Waals surface area contributed by atoms with E-state index in [9.17, 15) is 4.79 Å². The molecular weight excluding hydrogens is 262 g/mol. The summed E-state index contributed by atoms with van der Waals surface area (Å²) in [7, 11) is 0. The predicted molar refractivity (Wildman–Crippen MR) is 87.1 cm³/mol. The van der Waals surface area contributed by atoms with Gasteiger partial charge in [0.05, 0.1) is 0 Å². The Morgan fingerprint density at radius 3 is 2.62 bits per heavy atom. The summed E-state index contributed by atoms with van der Waals surface area (Å²) in [6, 6.07) is 0.235. The average molecular weight is 295 g/mol. The van der Waals surface area contributed by atoms with Crippen molar-refractivity contribution in [1.82, 2.24) is 10.2 Å². The van der Waals surface area contributed by atoms with Crippen LogP contribution in [0.15, 0.2) is 0 Å². The van der Waals surface area contributed by atoms with Gasteiger partial charge in [0.25, 0.3) is 0 Å². The minimum absolute atomic E-state index is 0.169. The van der Waals surface area contributed by atoms with Gasteiger partial charge in [0.15, 0.2) is 0 Å². The van der Waals surface area contributed by atoms with Crippen LogP contribution in [0.1, 0.15) is 64.2 Å². The molecule has 2 unspecified atom stereocenters. The normalized spacial score (nSPS) is 27.5. The van der Waals surface area contributed by atoms with Gasteiger partial charge in [0, 0.05) is 18.5 Å². The first kappa shape index (κ1) is 16.8. The number of likely N-dealkylation sites (tertiary alicyclic amines) is 1. The number of nitrogens with one attached hydrogen (secondary N) is 1. The first-order chi connectivity index (χ1) is 10.3. The lowest BCUT2D eigenvalue weighted by Crippen LogP contribution is -2.38. The van der Waals surface area contributed by atoms with E-state index >= 15 is 0 Å². The summed E-state index contributed by atoms with van der Waals surface area (Å²) in [5, 5.41) is 3.10. The zero-order valence-electron chi connectivity index (χ0n) is 13.5. The number of nitrogens with zero attached hydrogens (tertiary/aromatic N) is 1. The fraction of sp³-hybridized carbons (Fsp3) is 0.941. The number of rotatable bonds is 7. The van der Waals surface area contributed by atoms with Gasteiger partial charge in [-0.05, 0) is 64.6 Å². The fourth-order valence-electron chi connectivity index (χ4n) is 3.64. The Morgan fingerprint density at radius 1 is 1.05 bits per heavy atom. The van der Waals surface area contributed by atoms with Crippen molar-refractivity contribution in [2.75, 3.05) is 26.2 Å². The van der Waals surface area contributed by atoms with Crippen LogP contribution in [0.5, 0.6) is 0 Å². The number of unbranched alkanes of at least 4 members (excludes halogenated alkanes) is 2. The van der Waals surface area contributed by atoms with E-state index in [0.717, 1.165) is 38.6 Å². The molecule has 0 radical (unpaired) electrons. The van der Waals surface area contributed by atoms with Crippen LogP contribution in [0.2, 0.25) is 0 Å². The van der Waals surface area contributed by atoms with Crippen molar-refractivity contribution >= 4 is 5.91 Å². The summed E-state index contributed by atoms with van der Waals surface area (Å²) in [5.74, 6) is 0.406. The molecule has 0 spiro atoms. The Hall–Kier alpha value is -0.610. The second-order valence-electron chi connectivity index (χ2n) is 6.88. The molecule has 2 atom stereocenters. The minimum atomic E-state index is 0.169. The first-order valence-corrected chi connectivity index (χ1v) is 9.01. The lowest BCUT2D eigenvalue weighted by atomic mass is 9.85. The van der Waals surface area contributed by atoms with Gasteiger partial charge in [-0.3, -0.25) is 4.79 Å². The van der Waals surface area contributed by atoms with Gasteiger partial charge >= 0.3 is 0 Å². The molecule has 21 heavy (non-hydrogen) atoms. The van der Waals surface area contributed by atoms with Crippen molar-refractivity contribution in [2.45, 2.75) is 70.3 Å². The van der Waals surface area contributed by atoms with Gasteiger partial charge < -0.3 is 16.0 Å². The molecule has 0 aromatic heterocycles. The maximum Gasteiger partial charge on any atom is 0.223 e. The highest BCUT2D eigenvalue weighted by Gasteiger charge is 2.24. The quantitative estimate of drug-likeness (QED) is 0.708. The summed E-state index contributed by atoms with van der Waals surface area (Å²) in [6.07, 6.45) is 11.8. The van der Waals surface area contributed by atoms with Crippen molar-refractivity contribution < 1.29 is 4.79 Å². The maximum atomic E-state index is 12.0. The van der Waals surface area contributed by atoms with Crippen LogP contribution in [0.3, 0.4) is 0 Å². The van der Waals surface area contributed by atoms with Crippen molar-refractivity contribution in [3.63, 3.8) is 0 Å². The zero-order chi connectivity index (χ0) is 14.9. The second kappa shape index (κ2) is 9.42. The molecule has 1 amide bonds. The fourth-order valence-corrected chi connectivity index (χ4v) is 3.64. The van der Waals surface area contributed by atoms with Crippen LogP contribution in [0.25, 0.3) is 0 Å². The standard InChI is InChI=1S/C17H33N3O/c18-16-9-7-8-15(14-16)17(21)19-10-3-1-4-11-20-12-5-2-6-13-20/h15-16H,1-14,18H2,(H,19,21). The molecule has 1 saturated carbocycles. The highest BCUT2D eigenvalue weighted by molar-refractivity contribution is 5.78. The van der Waals surface area contributed by atoms with Crippen molar-refractivity contribution in [3.8, 4) is 0 Å². The second-order valence-corrected chi connectivity index (χ2v) is 6.88. The molecule has 0 aromatic rings. The molecule has 2 rings (SSSR count). The molecule has 2 fully saturated rings. The predicted octanol–water partition coefficient (Wildman–Crippen LogP) is 2.28. The van der Waals surface area contributed by atoms with Crippen LogP contribution in [0, 0.1) is 5.92 Å². The molecule has 3 N–H and O–H groups in total. The monoisotopic (exact) mass is 295 g/mol. The number of carbonyl (C=O) groups excluding carboxylic acids is 1. The van der Waals surface area contributed by atoms with Crippen molar-refractivity contribution in [3.05, 3.63) is 0 Å². The molecule has 2 aliphatic rings. The SMILES string of the molecule is NC1CCCC(C(=O)NCCCCCN2CCCCC2)C1. The Morgan fingerprint density at radius 2 is 1.86 bits per heavy atom. The van der Waals surface area contributed by atoms with E-state index in [-0.39, 0.29) is 17.9 Å². The first-order valence-electron chi connectivity index (χ1n) is 9.01. The third kappa shape index (κ3) is 6.35. The molecule has 122 valence electrons. The van der Waals surface area contributed by atoms with E-state index in [4.69, 9.17) is 5.73 Å². The topological polar surface area (TPSA) is 58.4 Å². The number of piperidine rings is 1. The van der Waals surface area contributed by atoms with E-state index in [0.29, 0.717) is 0 Å². The highest BCUT2D eigenvalue weighted by Crippen LogP contribution is 2.23. The van der Waals surface area contributed by atoms with E-state index in [2.05, 4.69) is 10.2 Å². The summed E-state index contributed by atoms with van der Waals surface area (Å²) < 4.78 is 0. The van der Waals surface area contributed by atoms with E-state index in [1.54, 1.807) is 0 Å². The van der Waals surface area contributed by atoms with E-state index in [1.165, 1.54) is 51.7 Å². The van der Waals surface area contributed by atoms with E-state index in [1.807, 2.05) is 0 Å². The molecule has 4 nitrogen and oxygen atoms in total. The average Bonchev–Trinajstić information content (AvgIpc) is 2.51. The van der Waals surface area contributed by atoms with Crippen molar-refractivity contribution in [1.29, 1.82) is 0 Å². The number of carbonyl (C=O) groups is 1. The van der Waals surface area contributed by atoms with Crippen LogP contribution in [-0.2, 0) is 4.79 Å². The number of hydrogen-bond donors (Lipinski definition) is 2. The maximum absolute atomic E-state index is 12.0. The number of amides is 1.